The highest BCUT2D eigenvalue weighted by Crippen LogP contribution is 2.16. The number of halogens is 1. The summed E-state index contributed by atoms with van der Waals surface area (Å²) in [7, 11) is 0. The van der Waals surface area contributed by atoms with Crippen molar-refractivity contribution in [1.29, 1.82) is 0 Å². The van der Waals surface area contributed by atoms with E-state index in [0.717, 1.165) is 16.9 Å². The topological polar surface area (TPSA) is 38.3 Å². The summed E-state index contributed by atoms with van der Waals surface area (Å²) in [5, 5.41) is 2.19. The molecule has 0 radical (unpaired) electrons. The predicted molar refractivity (Wildman–Crippen MR) is 72.5 cm³/mol. The van der Waals surface area contributed by atoms with Crippen LogP contribution < -0.4 is 5.32 Å². The van der Waals surface area contributed by atoms with Crippen LogP contribution in [0.4, 0.5) is 9.18 Å². The molecule has 0 aliphatic heterocycles. The Labute approximate surface area is 116 Å². The van der Waals surface area contributed by atoms with Crippen LogP contribution in [0.15, 0.2) is 41.8 Å². The first-order valence-corrected chi connectivity index (χ1v) is 6.62. The van der Waals surface area contributed by atoms with Crippen molar-refractivity contribution in [3.05, 3.63) is 58.0 Å². The van der Waals surface area contributed by atoms with Gasteiger partial charge < -0.3 is 10.1 Å². The van der Waals surface area contributed by atoms with Crippen LogP contribution in [0, 0.1) is 5.13 Å². The standard InChI is InChI=1S/C14H14FNO2S/c1-10(12-5-3-2-4-6-12)18-14(17)16-8-11-7-13(15)19-9-11/h2-7,9-10H,8H2,1H3,(H,16,17)/t10-/m1/s1/i9D. The second kappa shape index (κ2) is 6.33. The number of hydrogen-bond donors (Lipinski definition) is 1. The van der Waals surface area contributed by atoms with Gasteiger partial charge in [-0.2, -0.15) is 4.39 Å². The van der Waals surface area contributed by atoms with E-state index in [1.807, 2.05) is 30.3 Å². The van der Waals surface area contributed by atoms with Crippen LogP contribution in [0.2, 0.25) is 0 Å². The fourth-order valence-corrected chi connectivity index (χ4v) is 2.12. The highest BCUT2D eigenvalue weighted by Gasteiger charge is 2.11. The highest BCUT2D eigenvalue weighted by molar-refractivity contribution is 7.08. The van der Waals surface area contributed by atoms with E-state index in [1.165, 1.54) is 6.07 Å². The average molecular weight is 280 g/mol. The lowest BCUT2D eigenvalue weighted by Crippen LogP contribution is -2.24. The number of thiophene rings is 1. The van der Waals surface area contributed by atoms with E-state index in [1.54, 1.807) is 6.92 Å². The smallest absolute Gasteiger partial charge is 0.408 e. The van der Waals surface area contributed by atoms with Crippen LogP contribution >= 0.6 is 11.3 Å². The van der Waals surface area contributed by atoms with E-state index in [0.29, 0.717) is 5.56 Å². The minimum atomic E-state index is -0.590. The zero-order valence-corrected chi connectivity index (χ0v) is 11.2. The Balaban J connectivity index is 1.85. The van der Waals surface area contributed by atoms with Gasteiger partial charge in [0, 0.05) is 6.54 Å². The number of ether oxygens (including phenoxy) is 1. The fourth-order valence-electron chi connectivity index (χ4n) is 1.56. The van der Waals surface area contributed by atoms with Crippen molar-refractivity contribution in [2.75, 3.05) is 0 Å². The number of nitrogens with one attached hydrogen (secondary N) is 1. The molecule has 1 N–H and O–H groups in total. The second-order valence-electron chi connectivity index (χ2n) is 3.99. The number of amides is 1. The number of alkyl carbamates (subject to hydrolysis) is 1. The van der Waals surface area contributed by atoms with E-state index in [2.05, 4.69) is 5.32 Å². The highest BCUT2D eigenvalue weighted by atomic mass is 32.1. The van der Waals surface area contributed by atoms with Crippen LogP contribution in [0.5, 0.6) is 0 Å². The van der Waals surface area contributed by atoms with Gasteiger partial charge in [0.05, 0.1) is 1.37 Å². The third-order valence-corrected chi connectivity index (χ3v) is 3.22. The summed E-state index contributed by atoms with van der Waals surface area (Å²) >= 11 is 0.740. The first-order valence-electron chi connectivity index (χ1n) is 6.30. The predicted octanol–water partition coefficient (Wildman–Crippen LogP) is 3.87. The maximum atomic E-state index is 12.9. The maximum Gasteiger partial charge on any atom is 0.408 e. The summed E-state index contributed by atoms with van der Waals surface area (Å²) in [5.74, 6) is 0. The van der Waals surface area contributed by atoms with E-state index < -0.39 is 11.2 Å². The maximum absolute atomic E-state index is 12.9. The Hall–Kier alpha value is -1.88. The summed E-state index contributed by atoms with van der Waals surface area (Å²) < 4.78 is 25.6. The molecule has 2 aromatic rings. The van der Waals surface area contributed by atoms with Gasteiger partial charge in [0.15, 0.2) is 5.13 Å². The molecule has 19 heavy (non-hydrogen) atoms. The molecule has 0 bridgehead atoms. The van der Waals surface area contributed by atoms with Gasteiger partial charge in [0.25, 0.3) is 0 Å². The summed E-state index contributed by atoms with van der Waals surface area (Å²) in [6, 6.07) is 10.6. The number of carbonyl (C=O) groups is 1. The van der Waals surface area contributed by atoms with E-state index in [9.17, 15) is 9.18 Å². The number of benzene rings is 1. The summed E-state index contributed by atoms with van der Waals surface area (Å²) in [4.78, 5) is 11.6. The molecule has 0 saturated heterocycles. The monoisotopic (exact) mass is 280 g/mol. The largest absolute Gasteiger partial charge is 0.442 e. The Kier molecular flexibility index (Phi) is 4.06. The summed E-state index contributed by atoms with van der Waals surface area (Å²) in [5.41, 5.74) is 1.34. The first kappa shape index (κ1) is 12.2. The number of rotatable bonds is 4. The molecule has 3 nitrogen and oxygen atoms in total. The van der Waals surface area contributed by atoms with Crippen LogP contribution in [-0.4, -0.2) is 6.09 Å². The Bertz CT molecular complexity index is 588. The third-order valence-electron chi connectivity index (χ3n) is 2.54. The zero-order chi connectivity index (χ0) is 14.5. The molecule has 0 spiro atoms. The van der Waals surface area contributed by atoms with Crippen LogP contribution in [-0.2, 0) is 11.3 Å². The van der Waals surface area contributed by atoms with Crippen molar-refractivity contribution < 1.29 is 15.3 Å². The van der Waals surface area contributed by atoms with Gasteiger partial charge in [-0.05, 0) is 29.5 Å². The number of carbonyl (C=O) groups excluding carboxylic acids is 1. The molecule has 1 aromatic heterocycles. The molecule has 0 aliphatic rings. The van der Waals surface area contributed by atoms with Gasteiger partial charge in [-0.1, -0.05) is 30.3 Å². The lowest BCUT2D eigenvalue weighted by atomic mass is 10.1. The minimum Gasteiger partial charge on any atom is -0.442 e. The lowest BCUT2D eigenvalue weighted by Gasteiger charge is -2.13. The van der Waals surface area contributed by atoms with Crippen molar-refractivity contribution in [2.24, 2.45) is 0 Å². The van der Waals surface area contributed by atoms with Crippen molar-refractivity contribution in [3.8, 4) is 0 Å². The molecule has 0 fully saturated rings. The molecule has 1 atom stereocenters. The fraction of sp³-hybridized carbons (Fsp3) is 0.214. The molecule has 1 heterocycles. The van der Waals surface area contributed by atoms with Crippen molar-refractivity contribution in [2.45, 2.75) is 19.6 Å². The number of hydrogen-bond acceptors (Lipinski definition) is 3. The van der Waals surface area contributed by atoms with Gasteiger partial charge >= 0.3 is 6.09 Å². The third kappa shape index (κ3) is 4.06. The second-order valence-corrected chi connectivity index (χ2v) is 4.79. The summed E-state index contributed by atoms with van der Waals surface area (Å²) in [6.45, 7) is 1.86. The van der Waals surface area contributed by atoms with Crippen molar-refractivity contribution in [3.63, 3.8) is 0 Å². The molecule has 0 aliphatic carbocycles. The Morgan fingerprint density at radius 2 is 2.26 bits per heavy atom. The summed E-state index contributed by atoms with van der Waals surface area (Å²) in [6.07, 6.45) is -0.960. The van der Waals surface area contributed by atoms with Crippen LogP contribution in [0.25, 0.3) is 0 Å². The molecule has 5 heteroatoms. The average Bonchev–Trinajstić information content (AvgIpc) is 2.75. The molecule has 0 saturated carbocycles. The SMILES string of the molecule is [2H]c1sc(F)cc1CNC(=O)O[C@H](C)c1ccccc1. The van der Waals surface area contributed by atoms with Crippen LogP contribution in [0.1, 0.15) is 25.5 Å². The van der Waals surface area contributed by atoms with Crippen LogP contribution in [0.3, 0.4) is 0 Å². The molecule has 0 unspecified atom stereocenters. The molecule has 100 valence electrons. The van der Waals surface area contributed by atoms with Gasteiger partial charge in [-0.15, -0.1) is 11.3 Å². The molecular formula is C14H14FNO2S. The van der Waals surface area contributed by atoms with Crippen molar-refractivity contribution >= 4 is 17.4 Å². The van der Waals surface area contributed by atoms with E-state index >= 15 is 0 Å². The van der Waals surface area contributed by atoms with Gasteiger partial charge in [0.1, 0.15) is 6.10 Å². The van der Waals surface area contributed by atoms with Gasteiger partial charge in [-0.25, -0.2) is 4.79 Å². The van der Waals surface area contributed by atoms with Gasteiger partial charge in [-0.3, -0.25) is 0 Å². The Morgan fingerprint density at radius 3 is 2.89 bits per heavy atom. The molecule has 2 rings (SSSR count). The van der Waals surface area contributed by atoms with Gasteiger partial charge in [0.2, 0.25) is 0 Å². The van der Waals surface area contributed by atoms with E-state index in [-0.39, 0.29) is 18.0 Å². The lowest BCUT2D eigenvalue weighted by molar-refractivity contribution is 0.106. The van der Waals surface area contributed by atoms with Crippen molar-refractivity contribution in [1.82, 2.24) is 5.32 Å². The zero-order valence-electron chi connectivity index (χ0n) is 11.4. The minimum absolute atomic E-state index is 0.0829. The normalized spacial score (nSPS) is 12.6. The molecular weight excluding hydrogens is 265 g/mol. The Morgan fingerprint density at radius 1 is 1.53 bits per heavy atom. The molecule has 1 aromatic carbocycles. The quantitative estimate of drug-likeness (QED) is 0.923. The van der Waals surface area contributed by atoms with E-state index in [4.69, 9.17) is 6.11 Å². The first-order chi connectivity index (χ1) is 9.56. The molecule has 1 amide bonds.